The van der Waals surface area contributed by atoms with E-state index in [2.05, 4.69) is 34.6 Å². The fourth-order valence-electron chi connectivity index (χ4n) is 4.39. The molecule has 0 amide bonds. The fraction of sp³-hybridized carbons (Fsp3) is 1.00. The number of hydrogen-bond donors (Lipinski definition) is 0. The summed E-state index contributed by atoms with van der Waals surface area (Å²) in [5.74, 6) is 3.01. The topological polar surface area (TPSA) is 0 Å². The van der Waals surface area contributed by atoms with Gasteiger partial charge >= 0.3 is 0 Å². The van der Waals surface area contributed by atoms with Gasteiger partial charge in [-0.2, -0.15) is 0 Å². The Bertz CT molecular complexity index is 216. The van der Waals surface area contributed by atoms with Crippen molar-refractivity contribution in [1.29, 1.82) is 0 Å². The second kappa shape index (κ2) is 2.52. The first-order chi connectivity index (χ1) is 5.93. The van der Waals surface area contributed by atoms with Crippen molar-refractivity contribution in [3.8, 4) is 0 Å². The van der Waals surface area contributed by atoms with Crippen LogP contribution in [0.2, 0.25) is 0 Å². The van der Waals surface area contributed by atoms with E-state index in [1.807, 2.05) is 0 Å². The highest BCUT2D eigenvalue weighted by molar-refractivity contribution is 5.10. The highest BCUT2D eigenvalue weighted by atomic mass is 14.7. The Morgan fingerprint density at radius 3 is 2.15 bits per heavy atom. The van der Waals surface area contributed by atoms with E-state index in [0.717, 1.165) is 17.8 Å². The minimum atomic E-state index is 0.596. The summed E-state index contributed by atoms with van der Waals surface area (Å²) in [6, 6.07) is 0. The molecular weight excluding hydrogens is 156 g/mol. The highest BCUT2D eigenvalue weighted by Gasteiger charge is 2.61. The average molecular weight is 180 g/mol. The van der Waals surface area contributed by atoms with Gasteiger partial charge in [-0.3, -0.25) is 0 Å². The Morgan fingerprint density at radius 2 is 1.77 bits per heavy atom. The summed E-state index contributed by atoms with van der Waals surface area (Å²) in [5, 5.41) is 0. The summed E-state index contributed by atoms with van der Waals surface area (Å²) < 4.78 is 0. The van der Waals surface area contributed by atoms with Crippen molar-refractivity contribution >= 4 is 0 Å². The maximum atomic E-state index is 2.54. The number of fused-ring (bicyclic) bond motifs is 2. The molecule has 4 atom stereocenters. The Balaban J connectivity index is 2.36. The van der Waals surface area contributed by atoms with Crippen LogP contribution in [0.25, 0.3) is 0 Å². The lowest BCUT2D eigenvalue weighted by Gasteiger charge is -2.49. The van der Waals surface area contributed by atoms with E-state index in [4.69, 9.17) is 0 Å². The van der Waals surface area contributed by atoms with Gasteiger partial charge in [-0.05, 0) is 47.8 Å². The molecule has 2 aliphatic carbocycles. The summed E-state index contributed by atoms with van der Waals surface area (Å²) in [7, 11) is 0. The van der Waals surface area contributed by atoms with Crippen molar-refractivity contribution in [3.63, 3.8) is 0 Å². The third-order valence-corrected chi connectivity index (χ3v) is 5.93. The van der Waals surface area contributed by atoms with Gasteiger partial charge in [-0.1, -0.05) is 34.6 Å². The summed E-state index contributed by atoms with van der Waals surface area (Å²) in [4.78, 5) is 0. The molecule has 13 heavy (non-hydrogen) atoms. The van der Waals surface area contributed by atoms with E-state index in [9.17, 15) is 0 Å². The van der Waals surface area contributed by atoms with Gasteiger partial charge in [-0.25, -0.2) is 0 Å². The van der Waals surface area contributed by atoms with Crippen LogP contribution >= 0.6 is 0 Å². The standard InChI is InChI=1S/C13H24/c1-6-13(5)11-8-10(7-9(11)2)12(13,3)4/h9-11H,6-8H2,1-5H3. The zero-order valence-corrected chi connectivity index (χ0v) is 9.85. The SMILES string of the molecule is CCC1(C)C2CC(CC2C)C1(C)C. The second-order valence-corrected chi connectivity index (χ2v) is 6.24. The molecule has 2 fully saturated rings. The lowest BCUT2D eigenvalue weighted by atomic mass is 9.55. The molecule has 0 aromatic carbocycles. The number of rotatable bonds is 1. The van der Waals surface area contributed by atoms with Gasteiger partial charge in [0.15, 0.2) is 0 Å². The molecule has 0 N–H and O–H groups in total. The smallest absolute Gasteiger partial charge is 0.0244 e. The molecule has 0 heteroatoms. The summed E-state index contributed by atoms with van der Waals surface area (Å²) in [6.07, 6.45) is 4.37. The van der Waals surface area contributed by atoms with Crippen LogP contribution in [0.3, 0.4) is 0 Å². The minimum absolute atomic E-state index is 0.596. The Labute approximate surface area is 83.1 Å². The molecule has 0 aliphatic heterocycles. The Hall–Kier alpha value is 0. The van der Waals surface area contributed by atoms with Crippen molar-refractivity contribution in [2.24, 2.45) is 28.6 Å². The van der Waals surface area contributed by atoms with E-state index in [0.29, 0.717) is 10.8 Å². The number of hydrogen-bond acceptors (Lipinski definition) is 0. The van der Waals surface area contributed by atoms with E-state index in [1.165, 1.54) is 19.3 Å². The molecule has 2 saturated carbocycles. The zero-order chi connectivity index (χ0) is 9.85. The third kappa shape index (κ3) is 0.926. The highest BCUT2D eigenvalue weighted by Crippen LogP contribution is 2.68. The molecule has 2 aliphatic rings. The Kier molecular flexibility index (Phi) is 1.85. The first-order valence-corrected chi connectivity index (χ1v) is 5.93. The average Bonchev–Trinajstić information content (AvgIpc) is 2.52. The molecule has 0 nitrogen and oxygen atoms in total. The lowest BCUT2D eigenvalue weighted by molar-refractivity contribution is -0.00807. The molecule has 2 rings (SSSR count). The molecule has 0 heterocycles. The molecule has 0 radical (unpaired) electrons. The van der Waals surface area contributed by atoms with Crippen LogP contribution in [0, 0.1) is 28.6 Å². The van der Waals surface area contributed by atoms with Crippen molar-refractivity contribution in [3.05, 3.63) is 0 Å². The van der Waals surface area contributed by atoms with Crippen LogP contribution in [-0.4, -0.2) is 0 Å². The van der Waals surface area contributed by atoms with Crippen molar-refractivity contribution in [2.45, 2.75) is 53.9 Å². The molecule has 0 aromatic rings. The first-order valence-electron chi connectivity index (χ1n) is 5.93. The summed E-state index contributed by atoms with van der Waals surface area (Å²) >= 11 is 0. The molecule has 0 spiro atoms. The van der Waals surface area contributed by atoms with Gasteiger partial charge in [0, 0.05) is 0 Å². The van der Waals surface area contributed by atoms with Crippen LogP contribution in [-0.2, 0) is 0 Å². The van der Waals surface area contributed by atoms with Gasteiger partial charge in [0.05, 0.1) is 0 Å². The van der Waals surface area contributed by atoms with Crippen LogP contribution in [0.1, 0.15) is 53.9 Å². The van der Waals surface area contributed by atoms with Gasteiger partial charge in [0.25, 0.3) is 0 Å². The quantitative estimate of drug-likeness (QED) is 0.570. The van der Waals surface area contributed by atoms with Gasteiger partial charge in [0.2, 0.25) is 0 Å². The van der Waals surface area contributed by atoms with Crippen LogP contribution in [0.5, 0.6) is 0 Å². The Morgan fingerprint density at radius 1 is 1.15 bits per heavy atom. The summed E-state index contributed by atoms with van der Waals surface area (Å²) in [5.41, 5.74) is 1.22. The van der Waals surface area contributed by atoms with E-state index < -0.39 is 0 Å². The molecule has 4 unspecified atom stereocenters. The monoisotopic (exact) mass is 180 g/mol. The molecule has 2 bridgehead atoms. The van der Waals surface area contributed by atoms with E-state index in [-0.39, 0.29) is 0 Å². The second-order valence-electron chi connectivity index (χ2n) is 6.24. The van der Waals surface area contributed by atoms with E-state index in [1.54, 1.807) is 0 Å². The van der Waals surface area contributed by atoms with Crippen molar-refractivity contribution < 1.29 is 0 Å². The maximum absolute atomic E-state index is 2.54. The maximum Gasteiger partial charge on any atom is -0.0244 e. The van der Waals surface area contributed by atoms with Gasteiger partial charge < -0.3 is 0 Å². The van der Waals surface area contributed by atoms with Crippen molar-refractivity contribution in [1.82, 2.24) is 0 Å². The van der Waals surface area contributed by atoms with Gasteiger partial charge in [0.1, 0.15) is 0 Å². The lowest BCUT2D eigenvalue weighted by Crippen LogP contribution is -2.42. The van der Waals surface area contributed by atoms with Crippen LogP contribution < -0.4 is 0 Å². The predicted octanol–water partition coefficient (Wildman–Crippen LogP) is 4.10. The van der Waals surface area contributed by atoms with Crippen LogP contribution in [0.15, 0.2) is 0 Å². The minimum Gasteiger partial charge on any atom is -0.0648 e. The summed E-state index contributed by atoms with van der Waals surface area (Å²) in [6.45, 7) is 12.4. The van der Waals surface area contributed by atoms with Gasteiger partial charge in [-0.15, -0.1) is 0 Å². The molecule has 0 aromatic heterocycles. The fourth-order valence-corrected chi connectivity index (χ4v) is 4.39. The van der Waals surface area contributed by atoms with E-state index >= 15 is 0 Å². The first kappa shape index (κ1) is 9.55. The molecular formula is C13H24. The van der Waals surface area contributed by atoms with Crippen molar-refractivity contribution in [2.75, 3.05) is 0 Å². The normalized spacial score (nSPS) is 52.8. The zero-order valence-electron chi connectivity index (χ0n) is 9.85. The third-order valence-electron chi connectivity index (χ3n) is 5.93. The molecule has 0 saturated heterocycles. The molecule has 76 valence electrons. The predicted molar refractivity (Wildman–Crippen MR) is 57.6 cm³/mol. The largest absolute Gasteiger partial charge is 0.0648 e. The van der Waals surface area contributed by atoms with Crippen LogP contribution in [0.4, 0.5) is 0 Å².